The van der Waals surface area contributed by atoms with E-state index in [1.54, 1.807) is 51.3 Å². The Bertz CT molecular complexity index is 876. The summed E-state index contributed by atoms with van der Waals surface area (Å²) in [7, 11) is 0. The van der Waals surface area contributed by atoms with Crippen LogP contribution in [-0.2, 0) is 15.7 Å². The SMILES string of the molecule is CC[C@H](NC(=O)OC(C)(C)C)C(=O)N1CCN(C(=O)c2ccc(C(F)(F)F)cc2)C(C)(C)C1. The number of hydrogen-bond donors (Lipinski definition) is 1. The van der Waals surface area contributed by atoms with Crippen molar-refractivity contribution >= 4 is 17.9 Å². The van der Waals surface area contributed by atoms with E-state index in [9.17, 15) is 27.6 Å². The van der Waals surface area contributed by atoms with E-state index in [1.807, 2.05) is 0 Å². The van der Waals surface area contributed by atoms with Crippen molar-refractivity contribution in [2.75, 3.05) is 19.6 Å². The van der Waals surface area contributed by atoms with Gasteiger partial charge in [-0.2, -0.15) is 13.2 Å². The fraction of sp³-hybridized carbons (Fsp3) is 0.609. The first kappa shape index (κ1) is 26.5. The van der Waals surface area contributed by atoms with E-state index in [0.717, 1.165) is 24.3 Å². The van der Waals surface area contributed by atoms with Crippen molar-refractivity contribution in [2.45, 2.75) is 71.3 Å². The molecule has 33 heavy (non-hydrogen) atoms. The summed E-state index contributed by atoms with van der Waals surface area (Å²) < 4.78 is 43.6. The molecular weight excluding hydrogens is 439 g/mol. The van der Waals surface area contributed by atoms with Crippen LogP contribution in [0.4, 0.5) is 18.0 Å². The lowest BCUT2D eigenvalue weighted by molar-refractivity contribution is -0.138. The maximum Gasteiger partial charge on any atom is 0.416 e. The number of rotatable bonds is 4. The molecule has 1 heterocycles. The molecule has 1 saturated heterocycles. The molecular formula is C23H32F3N3O4. The van der Waals surface area contributed by atoms with Crippen LogP contribution in [-0.4, -0.2) is 64.5 Å². The molecule has 10 heteroatoms. The molecule has 0 saturated carbocycles. The quantitative estimate of drug-likeness (QED) is 0.718. The summed E-state index contributed by atoms with van der Waals surface area (Å²) >= 11 is 0. The molecule has 0 bridgehead atoms. The predicted molar refractivity (Wildman–Crippen MR) is 117 cm³/mol. The molecule has 3 amide bonds. The van der Waals surface area contributed by atoms with Crippen LogP contribution in [0.3, 0.4) is 0 Å². The number of carbonyl (C=O) groups is 3. The lowest BCUT2D eigenvalue weighted by Gasteiger charge is -2.47. The number of nitrogens with one attached hydrogen (secondary N) is 1. The molecule has 1 aliphatic heterocycles. The lowest BCUT2D eigenvalue weighted by Crippen LogP contribution is -2.64. The number of hydrogen-bond acceptors (Lipinski definition) is 4. The monoisotopic (exact) mass is 471 g/mol. The number of piperazine rings is 1. The van der Waals surface area contributed by atoms with Gasteiger partial charge in [0.2, 0.25) is 5.91 Å². The third kappa shape index (κ3) is 6.85. The highest BCUT2D eigenvalue weighted by Gasteiger charge is 2.40. The Morgan fingerprint density at radius 3 is 2.12 bits per heavy atom. The Kier molecular flexibility index (Phi) is 7.71. The first-order chi connectivity index (χ1) is 15.0. The van der Waals surface area contributed by atoms with Gasteiger partial charge in [-0.15, -0.1) is 0 Å². The second-order valence-corrected chi connectivity index (χ2v) is 9.71. The zero-order valence-electron chi connectivity index (χ0n) is 19.9. The summed E-state index contributed by atoms with van der Waals surface area (Å²) in [5.41, 5.74) is -2.14. The van der Waals surface area contributed by atoms with Gasteiger partial charge in [-0.1, -0.05) is 6.92 Å². The fourth-order valence-corrected chi connectivity index (χ4v) is 3.69. The fourth-order valence-electron chi connectivity index (χ4n) is 3.69. The van der Waals surface area contributed by atoms with Crippen LogP contribution >= 0.6 is 0 Å². The average molecular weight is 472 g/mol. The molecule has 1 atom stereocenters. The zero-order valence-corrected chi connectivity index (χ0v) is 19.9. The molecule has 1 aliphatic rings. The molecule has 1 aromatic rings. The van der Waals surface area contributed by atoms with E-state index in [2.05, 4.69) is 5.32 Å². The number of carbonyl (C=O) groups excluding carboxylic acids is 3. The minimum Gasteiger partial charge on any atom is -0.444 e. The lowest BCUT2D eigenvalue weighted by atomic mass is 9.96. The van der Waals surface area contributed by atoms with Gasteiger partial charge in [-0.25, -0.2) is 4.79 Å². The number of ether oxygens (including phenoxy) is 1. The highest BCUT2D eigenvalue weighted by Crippen LogP contribution is 2.30. The second-order valence-electron chi connectivity index (χ2n) is 9.71. The molecule has 0 aromatic heterocycles. The summed E-state index contributed by atoms with van der Waals surface area (Å²) in [6, 6.07) is 3.32. The maximum absolute atomic E-state index is 13.0. The number of benzene rings is 1. The smallest absolute Gasteiger partial charge is 0.416 e. The van der Waals surface area contributed by atoms with Crippen LogP contribution in [0.25, 0.3) is 0 Å². The number of nitrogens with zero attached hydrogens (tertiary/aromatic N) is 2. The Labute approximate surface area is 192 Å². The molecule has 1 N–H and O–H groups in total. The number of alkyl carbamates (subject to hydrolysis) is 1. The Hall–Kier alpha value is -2.78. The van der Waals surface area contributed by atoms with Crippen LogP contribution in [0.2, 0.25) is 0 Å². The Morgan fingerprint density at radius 1 is 1.09 bits per heavy atom. The summed E-state index contributed by atoms with van der Waals surface area (Å²) in [6.07, 6.45) is -4.79. The van der Waals surface area contributed by atoms with Crippen molar-refractivity contribution in [3.63, 3.8) is 0 Å². The largest absolute Gasteiger partial charge is 0.444 e. The van der Waals surface area contributed by atoms with Crippen LogP contribution in [0.15, 0.2) is 24.3 Å². The highest BCUT2D eigenvalue weighted by molar-refractivity contribution is 5.95. The number of amides is 3. The molecule has 1 aromatic carbocycles. The van der Waals surface area contributed by atoms with Crippen LogP contribution in [0, 0.1) is 0 Å². The van der Waals surface area contributed by atoms with Gasteiger partial charge < -0.3 is 19.9 Å². The molecule has 0 aliphatic carbocycles. The van der Waals surface area contributed by atoms with Crippen molar-refractivity contribution < 1.29 is 32.3 Å². The summed E-state index contributed by atoms with van der Waals surface area (Å²) in [5, 5.41) is 2.60. The topological polar surface area (TPSA) is 79.0 Å². The zero-order chi connectivity index (χ0) is 25.2. The van der Waals surface area contributed by atoms with Gasteiger partial charge in [0.25, 0.3) is 5.91 Å². The van der Waals surface area contributed by atoms with Gasteiger partial charge in [0.15, 0.2) is 0 Å². The van der Waals surface area contributed by atoms with Gasteiger partial charge in [-0.05, 0) is 65.3 Å². The Balaban J connectivity index is 2.08. The van der Waals surface area contributed by atoms with Gasteiger partial charge in [0, 0.05) is 25.2 Å². The molecule has 0 radical (unpaired) electrons. The minimum absolute atomic E-state index is 0.147. The Morgan fingerprint density at radius 2 is 1.67 bits per heavy atom. The highest BCUT2D eigenvalue weighted by atomic mass is 19.4. The molecule has 1 fully saturated rings. The molecule has 184 valence electrons. The van der Waals surface area contributed by atoms with E-state index in [1.165, 1.54) is 0 Å². The molecule has 0 unspecified atom stereocenters. The van der Waals surface area contributed by atoms with Gasteiger partial charge >= 0.3 is 12.3 Å². The maximum atomic E-state index is 13.0. The first-order valence-corrected chi connectivity index (χ1v) is 10.8. The molecule has 0 spiro atoms. The van der Waals surface area contributed by atoms with Gasteiger partial charge in [0.1, 0.15) is 11.6 Å². The summed E-state index contributed by atoms with van der Waals surface area (Å²) in [6.45, 7) is 11.2. The van der Waals surface area contributed by atoms with Crippen molar-refractivity contribution in [3.05, 3.63) is 35.4 Å². The first-order valence-electron chi connectivity index (χ1n) is 10.8. The number of halogens is 3. The van der Waals surface area contributed by atoms with Crippen LogP contribution < -0.4 is 5.32 Å². The van der Waals surface area contributed by atoms with Crippen LogP contribution in [0.1, 0.15) is 63.9 Å². The van der Waals surface area contributed by atoms with E-state index >= 15 is 0 Å². The molecule has 2 rings (SSSR count). The second kappa shape index (κ2) is 9.61. The minimum atomic E-state index is -4.48. The van der Waals surface area contributed by atoms with Gasteiger partial charge in [0.05, 0.1) is 11.1 Å². The standard InChI is InChI=1S/C23H32F3N3O4/c1-7-17(27-20(32)33-21(2,3)4)19(31)28-12-13-29(22(5,6)14-28)18(30)15-8-10-16(11-9-15)23(24,25)26/h8-11,17H,7,12-14H2,1-6H3,(H,27,32)/t17-/m0/s1. The predicted octanol–water partition coefficient (Wildman–Crippen LogP) is 4.07. The molecule has 7 nitrogen and oxygen atoms in total. The van der Waals surface area contributed by atoms with E-state index in [0.29, 0.717) is 6.42 Å². The summed E-state index contributed by atoms with van der Waals surface area (Å²) in [4.78, 5) is 41.3. The van der Waals surface area contributed by atoms with Crippen molar-refractivity contribution in [1.82, 2.24) is 15.1 Å². The third-order valence-electron chi connectivity index (χ3n) is 5.32. The normalized spacial score (nSPS) is 17.4. The van der Waals surface area contributed by atoms with E-state index in [4.69, 9.17) is 4.74 Å². The van der Waals surface area contributed by atoms with Crippen molar-refractivity contribution in [3.8, 4) is 0 Å². The van der Waals surface area contributed by atoms with Crippen molar-refractivity contribution in [1.29, 1.82) is 0 Å². The van der Waals surface area contributed by atoms with E-state index < -0.39 is 40.9 Å². The average Bonchev–Trinajstić information content (AvgIpc) is 2.68. The van der Waals surface area contributed by atoms with Crippen molar-refractivity contribution in [2.24, 2.45) is 0 Å². The van der Waals surface area contributed by atoms with Gasteiger partial charge in [-0.3, -0.25) is 9.59 Å². The summed E-state index contributed by atoms with van der Waals surface area (Å²) in [5.74, 6) is -0.683. The third-order valence-corrected chi connectivity index (χ3v) is 5.32. The van der Waals surface area contributed by atoms with E-state index in [-0.39, 0.29) is 31.1 Å². The number of alkyl halides is 3. The van der Waals surface area contributed by atoms with Crippen LogP contribution in [0.5, 0.6) is 0 Å².